The van der Waals surface area contributed by atoms with Gasteiger partial charge in [0.15, 0.2) is 5.75 Å². The maximum absolute atomic E-state index is 5.81. The predicted octanol–water partition coefficient (Wildman–Crippen LogP) is 1.85. The zero-order valence-electron chi connectivity index (χ0n) is 11.8. The molecule has 1 heterocycles. The van der Waals surface area contributed by atoms with E-state index >= 15 is 0 Å². The van der Waals surface area contributed by atoms with Gasteiger partial charge in [0.05, 0.1) is 12.8 Å². The van der Waals surface area contributed by atoms with Crippen molar-refractivity contribution in [3.63, 3.8) is 0 Å². The first kappa shape index (κ1) is 13.7. The molecule has 19 heavy (non-hydrogen) atoms. The van der Waals surface area contributed by atoms with Crippen LogP contribution in [0.2, 0.25) is 0 Å². The van der Waals surface area contributed by atoms with Gasteiger partial charge in [-0.25, -0.2) is 0 Å². The van der Waals surface area contributed by atoms with Gasteiger partial charge in [0.1, 0.15) is 0 Å². The first-order chi connectivity index (χ1) is 9.15. The molecule has 1 unspecified atom stereocenters. The van der Waals surface area contributed by atoms with E-state index in [2.05, 4.69) is 17.3 Å². The van der Waals surface area contributed by atoms with E-state index in [0.29, 0.717) is 11.6 Å². The van der Waals surface area contributed by atoms with Gasteiger partial charge in [-0.1, -0.05) is 6.92 Å². The summed E-state index contributed by atoms with van der Waals surface area (Å²) in [5.74, 6) is 1.21. The Bertz CT molecular complexity index is 473. The number of nitrogens with two attached hydrogens (primary N) is 1. The Labute approximate surface area is 114 Å². The molecule has 1 aliphatic rings. The number of nitrogen functional groups attached to an aromatic ring is 1. The molecule has 104 valence electrons. The highest BCUT2D eigenvalue weighted by molar-refractivity contribution is 6.05. The van der Waals surface area contributed by atoms with Gasteiger partial charge in [-0.15, -0.1) is 10.3 Å². The molecule has 0 bridgehead atoms. The molecule has 1 atom stereocenters. The fourth-order valence-corrected chi connectivity index (χ4v) is 2.35. The Morgan fingerprint density at radius 1 is 1.47 bits per heavy atom. The van der Waals surface area contributed by atoms with Crippen LogP contribution in [-0.2, 0) is 0 Å². The summed E-state index contributed by atoms with van der Waals surface area (Å²) in [6, 6.07) is 5.75. The molecular weight excluding hydrogens is 240 g/mol. The lowest BCUT2D eigenvalue weighted by atomic mass is 9.90. The number of benzene rings is 1. The van der Waals surface area contributed by atoms with Crippen molar-refractivity contribution in [3.8, 4) is 5.75 Å². The first-order valence-corrected chi connectivity index (χ1v) is 6.70. The Hall–Kier alpha value is -1.75. The monoisotopic (exact) mass is 262 g/mol. The van der Waals surface area contributed by atoms with Gasteiger partial charge in [0, 0.05) is 23.2 Å². The van der Waals surface area contributed by atoms with Crippen LogP contribution in [0, 0.1) is 5.92 Å². The summed E-state index contributed by atoms with van der Waals surface area (Å²) < 4.78 is 0. The molecule has 5 nitrogen and oxygen atoms in total. The molecule has 0 amide bonds. The van der Waals surface area contributed by atoms with Gasteiger partial charge in [0.25, 0.3) is 0 Å². The smallest absolute Gasteiger partial charge is 0.168 e. The highest BCUT2D eigenvalue weighted by Gasteiger charge is 2.24. The SMILES string of the molecule is CCC(CCNC)C1=NN(C)Oc2cc(N)ccc21. The lowest BCUT2D eigenvalue weighted by molar-refractivity contribution is -0.0343. The molecule has 0 saturated heterocycles. The summed E-state index contributed by atoms with van der Waals surface area (Å²) in [5.41, 5.74) is 8.65. The summed E-state index contributed by atoms with van der Waals surface area (Å²) in [6.45, 7) is 3.17. The van der Waals surface area contributed by atoms with E-state index in [1.165, 1.54) is 5.17 Å². The van der Waals surface area contributed by atoms with Crippen LogP contribution in [0.25, 0.3) is 0 Å². The van der Waals surface area contributed by atoms with Crippen LogP contribution in [0.5, 0.6) is 5.75 Å². The Morgan fingerprint density at radius 2 is 2.26 bits per heavy atom. The Morgan fingerprint density at radius 3 is 2.95 bits per heavy atom. The van der Waals surface area contributed by atoms with Gasteiger partial charge in [-0.05, 0) is 38.6 Å². The van der Waals surface area contributed by atoms with Crippen LogP contribution < -0.4 is 15.9 Å². The van der Waals surface area contributed by atoms with Gasteiger partial charge in [-0.3, -0.25) is 0 Å². The second-order valence-electron chi connectivity index (χ2n) is 4.79. The van der Waals surface area contributed by atoms with Crippen molar-refractivity contribution in [2.24, 2.45) is 11.0 Å². The number of fused-ring (bicyclic) bond motifs is 1. The average molecular weight is 262 g/mol. The van der Waals surface area contributed by atoms with Crippen LogP contribution in [0.3, 0.4) is 0 Å². The summed E-state index contributed by atoms with van der Waals surface area (Å²) in [7, 11) is 3.77. The number of rotatable bonds is 5. The fourth-order valence-electron chi connectivity index (χ4n) is 2.35. The number of hydrogen-bond acceptors (Lipinski definition) is 5. The van der Waals surface area contributed by atoms with Crippen LogP contribution in [0.4, 0.5) is 5.69 Å². The molecule has 1 aliphatic heterocycles. The van der Waals surface area contributed by atoms with Crippen molar-refractivity contribution in [1.82, 2.24) is 10.5 Å². The van der Waals surface area contributed by atoms with Crippen molar-refractivity contribution in [2.45, 2.75) is 19.8 Å². The molecule has 0 aliphatic carbocycles. The van der Waals surface area contributed by atoms with E-state index in [1.807, 2.05) is 25.2 Å². The number of anilines is 1. The summed E-state index contributed by atoms with van der Waals surface area (Å²) in [4.78, 5) is 5.59. The number of hydrazone groups is 1. The van der Waals surface area contributed by atoms with Crippen molar-refractivity contribution in [2.75, 3.05) is 26.4 Å². The van der Waals surface area contributed by atoms with E-state index in [9.17, 15) is 0 Å². The minimum Gasteiger partial charge on any atom is -0.399 e. The molecule has 0 aromatic heterocycles. The fraction of sp³-hybridized carbons (Fsp3) is 0.500. The van der Waals surface area contributed by atoms with Crippen LogP contribution in [-0.4, -0.2) is 31.5 Å². The molecule has 1 aromatic carbocycles. The maximum atomic E-state index is 5.81. The molecule has 5 heteroatoms. The second kappa shape index (κ2) is 5.93. The Kier molecular flexibility index (Phi) is 4.27. The number of nitrogens with one attached hydrogen (secondary N) is 1. The third-order valence-electron chi connectivity index (χ3n) is 3.38. The highest BCUT2D eigenvalue weighted by Crippen LogP contribution is 2.30. The zero-order chi connectivity index (χ0) is 13.8. The molecule has 1 aromatic rings. The second-order valence-corrected chi connectivity index (χ2v) is 4.79. The molecule has 3 N–H and O–H groups in total. The lowest BCUT2D eigenvalue weighted by Gasteiger charge is -2.28. The van der Waals surface area contributed by atoms with Crippen molar-refractivity contribution < 1.29 is 4.84 Å². The summed E-state index contributed by atoms with van der Waals surface area (Å²) >= 11 is 0. The minimum absolute atomic E-state index is 0.418. The standard InChI is InChI=1S/C14H22N4O/c1-4-10(7-8-16-2)14-12-6-5-11(15)9-13(12)19-18(3)17-14/h5-6,9-10,16H,4,7-8,15H2,1-3H3. The molecule has 0 fully saturated rings. The van der Waals surface area contributed by atoms with Crippen LogP contribution in [0.15, 0.2) is 23.3 Å². The quantitative estimate of drug-likeness (QED) is 0.795. The molecule has 0 spiro atoms. The Balaban J connectivity index is 2.33. The van der Waals surface area contributed by atoms with E-state index in [1.54, 1.807) is 7.05 Å². The van der Waals surface area contributed by atoms with Crippen LogP contribution in [0.1, 0.15) is 25.3 Å². The molecule has 0 saturated carbocycles. The van der Waals surface area contributed by atoms with E-state index in [4.69, 9.17) is 10.6 Å². The highest BCUT2D eigenvalue weighted by atomic mass is 16.7. The third kappa shape index (κ3) is 2.98. The largest absolute Gasteiger partial charge is 0.399 e. The first-order valence-electron chi connectivity index (χ1n) is 6.70. The van der Waals surface area contributed by atoms with Gasteiger partial charge in [0.2, 0.25) is 0 Å². The topological polar surface area (TPSA) is 62.9 Å². The molecule has 2 rings (SSSR count). The molecular formula is C14H22N4O. The number of hydroxylamine groups is 1. The normalized spacial score (nSPS) is 15.5. The van der Waals surface area contributed by atoms with E-state index in [-0.39, 0.29) is 0 Å². The number of nitrogens with zero attached hydrogens (tertiary/aromatic N) is 2. The molecule has 0 radical (unpaired) electrons. The van der Waals surface area contributed by atoms with Crippen molar-refractivity contribution in [3.05, 3.63) is 23.8 Å². The van der Waals surface area contributed by atoms with Crippen molar-refractivity contribution in [1.29, 1.82) is 0 Å². The lowest BCUT2D eigenvalue weighted by Crippen LogP contribution is -2.30. The number of hydrogen-bond donors (Lipinski definition) is 2. The third-order valence-corrected chi connectivity index (χ3v) is 3.38. The van der Waals surface area contributed by atoms with Gasteiger partial charge < -0.3 is 15.9 Å². The average Bonchev–Trinajstić information content (AvgIpc) is 2.38. The van der Waals surface area contributed by atoms with Gasteiger partial charge in [-0.2, -0.15) is 0 Å². The summed E-state index contributed by atoms with van der Waals surface area (Å²) in [5, 5.41) is 9.25. The minimum atomic E-state index is 0.418. The van der Waals surface area contributed by atoms with E-state index in [0.717, 1.165) is 36.4 Å². The zero-order valence-corrected chi connectivity index (χ0v) is 11.8. The van der Waals surface area contributed by atoms with Crippen molar-refractivity contribution >= 4 is 11.4 Å². The summed E-state index contributed by atoms with van der Waals surface area (Å²) in [6.07, 6.45) is 2.11. The maximum Gasteiger partial charge on any atom is 0.168 e. The predicted molar refractivity (Wildman–Crippen MR) is 78.1 cm³/mol. The van der Waals surface area contributed by atoms with Crippen LogP contribution >= 0.6 is 0 Å². The van der Waals surface area contributed by atoms with Gasteiger partial charge >= 0.3 is 0 Å². The van der Waals surface area contributed by atoms with E-state index < -0.39 is 0 Å².